The molecule has 186 valence electrons. The van der Waals surface area contributed by atoms with Crippen molar-refractivity contribution < 1.29 is 32.1 Å². The van der Waals surface area contributed by atoms with Crippen LogP contribution in [0, 0.1) is 0 Å². The number of aromatic nitrogens is 1. The Morgan fingerprint density at radius 3 is 2.44 bits per heavy atom. The van der Waals surface area contributed by atoms with Crippen molar-refractivity contribution in [2.45, 2.75) is 26.8 Å². The second kappa shape index (κ2) is 10.4. The Hall–Kier alpha value is -2.50. The van der Waals surface area contributed by atoms with E-state index in [9.17, 15) is 14.2 Å². The maximum atomic E-state index is 12.9. The van der Waals surface area contributed by atoms with Crippen molar-refractivity contribution in [3.63, 3.8) is 0 Å². The molecule has 0 aromatic carbocycles. The van der Waals surface area contributed by atoms with Gasteiger partial charge < -0.3 is 19.5 Å². The van der Waals surface area contributed by atoms with E-state index in [4.69, 9.17) is 23.0 Å². The van der Waals surface area contributed by atoms with Gasteiger partial charge >= 0.3 is 13.9 Å². The zero-order valence-electron chi connectivity index (χ0n) is 19.6. The van der Waals surface area contributed by atoms with Crippen LogP contribution in [0.4, 0.5) is 10.6 Å². The van der Waals surface area contributed by atoms with Gasteiger partial charge in [-0.3, -0.25) is 18.4 Å². The minimum absolute atomic E-state index is 0.0856. The number of likely N-dealkylation sites (N-methyl/N-ethyl adjacent to an activating group) is 1. The topological polar surface area (TPSA) is 127 Å². The Morgan fingerprint density at radius 2 is 1.79 bits per heavy atom. The number of hydrogen-bond acceptors (Lipinski definition) is 10. The van der Waals surface area contributed by atoms with Crippen molar-refractivity contribution in [2.75, 3.05) is 57.6 Å². The smallest absolute Gasteiger partial charge is 0.457 e. The number of furan rings is 1. The average molecular weight is 495 g/mol. The number of amides is 3. The first-order valence-corrected chi connectivity index (χ1v) is 12.9. The summed E-state index contributed by atoms with van der Waals surface area (Å²) in [5.41, 5.74) is 1.11. The van der Waals surface area contributed by atoms with Crippen molar-refractivity contribution in [3.05, 3.63) is 24.0 Å². The fourth-order valence-corrected chi connectivity index (χ4v) is 5.05. The molecule has 2 saturated heterocycles. The quantitative estimate of drug-likeness (QED) is 0.388. The van der Waals surface area contributed by atoms with Crippen molar-refractivity contribution in [1.82, 2.24) is 20.1 Å². The Kier molecular flexibility index (Phi) is 7.54. The number of imide groups is 1. The third-order valence-electron chi connectivity index (χ3n) is 5.75. The minimum atomic E-state index is -3.88. The zero-order chi connectivity index (χ0) is 24.3. The second-order valence-corrected chi connectivity index (χ2v) is 9.48. The summed E-state index contributed by atoms with van der Waals surface area (Å²) in [4.78, 5) is 35.4. The SMILES string of the molecule is CCOP(=O)(OCC)OCN1C(=O)N[C@@H](c2cc3nc(N4CCN(CC)CC4)ccc3o2)C1=O. The molecule has 0 radical (unpaired) electrons. The van der Waals surface area contributed by atoms with Crippen LogP contribution in [0.5, 0.6) is 0 Å². The molecule has 3 amide bonds. The van der Waals surface area contributed by atoms with Crippen molar-refractivity contribution >= 4 is 36.7 Å². The number of carbonyl (C=O) groups is 2. The molecule has 0 saturated carbocycles. The number of anilines is 1. The van der Waals surface area contributed by atoms with Crippen LogP contribution >= 0.6 is 7.82 Å². The van der Waals surface area contributed by atoms with E-state index in [2.05, 4.69) is 22.0 Å². The molecule has 1 N–H and O–H groups in total. The molecule has 4 rings (SSSR count). The van der Waals surface area contributed by atoms with Gasteiger partial charge in [0.05, 0.1) is 13.2 Å². The Labute approximate surface area is 197 Å². The van der Waals surface area contributed by atoms with Gasteiger partial charge in [-0.1, -0.05) is 6.92 Å². The molecular formula is C21H30N5O7P. The molecule has 0 bridgehead atoms. The lowest BCUT2D eigenvalue weighted by Crippen LogP contribution is -2.46. The average Bonchev–Trinajstić information content (AvgIpc) is 3.37. The number of phosphoric acid groups is 1. The molecule has 2 aliphatic rings. The number of fused-ring (bicyclic) bond motifs is 1. The predicted octanol–water partition coefficient (Wildman–Crippen LogP) is 2.72. The minimum Gasteiger partial charge on any atom is -0.457 e. The monoisotopic (exact) mass is 495 g/mol. The summed E-state index contributed by atoms with van der Waals surface area (Å²) >= 11 is 0. The van der Waals surface area contributed by atoms with Gasteiger partial charge in [-0.25, -0.2) is 19.2 Å². The fourth-order valence-electron chi connectivity index (χ4n) is 3.93. The van der Waals surface area contributed by atoms with Gasteiger partial charge in [-0.15, -0.1) is 0 Å². The predicted molar refractivity (Wildman–Crippen MR) is 123 cm³/mol. The summed E-state index contributed by atoms with van der Waals surface area (Å²) in [5.74, 6) is 0.503. The van der Waals surface area contributed by atoms with E-state index in [-0.39, 0.29) is 19.0 Å². The van der Waals surface area contributed by atoms with E-state index >= 15 is 0 Å². The van der Waals surface area contributed by atoms with Crippen LogP contribution in [0.25, 0.3) is 11.1 Å². The first kappa shape index (κ1) is 24.6. The lowest BCUT2D eigenvalue weighted by Gasteiger charge is -2.34. The highest BCUT2D eigenvalue weighted by Gasteiger charge is 2.42. The van der Waals surface area contributed by atoms with Gasteiger partial charge in [0.1, 0.15) is 23.8 Å². The van der Waals surface area contributed by atoms with Crippen LogP contribution in [-0.2, 0) is 22.9 Å². The standard InChI is InChI=1S/C21H30N5O7P/c1-4-24-9-11-25(12-10-24)18-8-7-16-15(22-18)13-17(33-16)19-20(27)26(21(28)23-19)14-32-34(29,30-5-2)31-6-3/h7-8,13,19H,4-6,9-12,14H2,1-3H3,(H,23,28)/t19-/m0/s1. The van der Waals surface area contributed by atoms with Crippen molar-refractivity contribution in [1.29, 1.82) is 0 Å². The molecule has 0 spiro atoms. The number of carbonyl (C=O) groups excluding carboxylic acids is 2. The van der Waals surface area contributed by atoms with E-state index in [1.165, 1.54) is 0 Å². The molecule has 13 heteroatoms. The molecule has 0 unspecified atom stereocenters. The maximum absolute atomic E-state index is 12.9. The zero-order valence-corrected chi connectivity index (χ0v) is 20.5. The summed E-state index contributed by atoms with van der Waals surface area (Å²) in [5, 5.41) is 2.57. The lowest BCUT2D eigenvalue weighted by molar-refractivity contribution is -0.130. The molecule has 2 fully saturated rings. The Bertz CT molecular complexity index is 1070. The first-order valence-electron chi connectivity index (χ1n) is 11.4. The Morgan fingerprint density at radius 1 is 1.09 bits per heavy atom. The molecule has 12 nitrogen and oxygen atoms in total. The summed E-state index contributed by atoms with van der Waals surface area (Å²) in [6, 6.07) is 3.62. The summed E-state index contributed by atoms with van der Waals surface area (Å²) in [6.07, 6.45) is 0. The number of nitrogens with zero attached hydrogens (tertiary/aromatic N) is 4. The summed E-state index contributed by atoms with van der Waals surface area (Å²) in [7, 11) is -3.88. The number of hydrogen-bond donors (Lipinski definition) is 1. The highest BCUT2D eigenvalue weighted by Crippen LogP contribution is 2.49. The van der Waals surface area contributed by atoms with Gasteiger partial charge in [0.25, 0.3) is 5.91 Å². The van der Waals surface area contributed by atoms with E-state index in [1.807, 2.05) is 12.1 Å². The molecule has 0 aliphatic carbocycles. The fraction of sp³-hybridized carbons (Fsp3) is 0.571. The number of piperazine rings is 1. The van der Waals surface area contributed by atoms with Crippen molar-refractivity contribution in [3.8, 4) is 0 Å². The summed E-state index contributed by atoms with van der Waals surface area (Å²) in [6.45, 7) is 9.77. The van der Waals surface area contributed by atoms with E-state index in [1.54, 1.807) is 19.9 Å². The molecular weight excluding hydrogens is 465 g/mol. The number of urea groups is 1. The maximum Gasteiger partial charge on any atom is 0.476 e. The molecule has 34 heavy (non-hydrogen) atoms. The highest BCUT2D eigenvalue weighted by molar-refractivity contribution is 7.48. The Balaban J connectivity index is 1.46. The van der Waals surface area contributed by atoms with Crippen LogP contribution in [0.3, 0.4) is 0 Å². The van der Waals surface area contributed by atoms with Gasteiger partial charge in [-0.2, -0.15) is 0 Å². The second-order valence-electron chi connectivity index (χ2n) is 7.81. The number of phosphoric ester groups is 1. The van der Waals surface area contributed by atoms with E-state index in [0.29, 0.717) is 11.1 Å². The van der Waals surface area contributed by atoms with Gasteiger partial charge in [-0.05, 0) is 32.5 Å². The molecule has 2 aromatic rings. The largest absolute Gasteiger partial charge is 0.476 e. The third-order valence-corrected chi connectivity index (χ3v) is 7.33. The van der Waals surface area contributed by atoms with E-state index in [0.717, 1.165) is 43.4 Å². The van der Waals surface area contributed by atoms with Crippen LogP contribution in [-0.4, -0.2) is 79.4 Å². The van der Waals surface area contributed by atoms with Crippen LogP contribution in [0.2, 0.25) is 0 Å². The van der Waals surface area contributed by atoms with Gasteiger partial charge in [0.2, 0.25) is 0 Å². The third kappa shape index (κ3) is 5.11. The highest BCUT2D eigenvalue weighted by atomic mass is 31.2. The van der Waals surface area contributed by atoms with Gasteiger partial charge in [0, 0.05) is 32.2 Å². The normalized spacial score (nSPS) is 19.9. The van der Waals surface area contributed by atoms with Crippen molar-refractivity contribution in [2.24, 2.45) is 0 Å². The van der Waals surface area contributed by atoms with Crippen LogP contribution in [0.15, 0.2) is 22.6 Å². The molecule has 4 heterocycles. The van der Waals surface area contributed by atoms with E-state index < -0.39 is 32.5 Å². The number of rotatable bonds is 10. The molecule has 2 aromatic heterocycles. The number of nitrogens with one attached hydrogen (secondary N) is 1. The van der Waals surface area contributed by atoms with Crippen LogP contribution < -0.4 is 10.2 Å². The lowest BCUT2D eigenvalue weighted by atomic mass is 10.2. The first-order chi connectivity index (χ1) is 16.4. The molecule has 2 aliphatic heterocycles. The van der Waals surface area contributed by atoms with Crippen LogP contribution in [0.1, 0.15) is 32.6 Å². The molecule has 1 atom stereocenters. The summed E-state index contributed by atoms with van der Waals surface area (Å²) < 4.78 is 33.5. The number of pyridine rings is 1. The van der Waals surface area contributed by atoms with Gasteiger partial charge in [0.15, 0.2) is 11.6 Å².